The smallest absolute Gasteiger partial charge is 0.244 e. The molecule has 1 aromatic heterocycles. The molecule has 1 N–H and O–H groups in total. The number of nitrogens with one attached hydrogen (secondary N) is 1. The lowest BCUT2D eigenvalue weighted by Gasteiger charge is -2.38. The first-order chi connectivity index (χ1) is 15.6. The topological polar surface area (TPSA) is 109 Å². The van der Waals surface area contributed by atoms with Gasteiger partial charge in [-0.25, -0.2) is 17.1 Å². The number of piperidine rings is 1. The van der Waals surface area contributed by atoms with Crippen LogP contribution in [-0.4, -0.2) is 72.7 Å². The van der Waals surface area contributed by atoms with E-state index in [1.54, 1.807) is 19.1 Å². The third-order valence-electron chi connectivity index (χ3n) is 6.68. The number of aromatic nitrogens is 2. The van der Waals surface area contributed by atoms with Gasteiger partial charge in [0.2, 0.25) is 21.8 Å². The maximum Gasteiger partial charge on any atom is 0.244 e. The lowest BCUT2D eigenvalue weighted by Crippen LogP contribution is -2.44. The number of sulfonamides is 1. The van der Waals surface area contributed by atoms with Gasteiger partial charge >= 0.3 is 0 Å². The zero-order valence-corrected chi connectivity index (χ0v) is 19.8. The molecule has 1 amide bonds. The molecule has 2 saturated heterocycles. The molecule has 0 bridgehead atoms. The van der Waals surface area contributed by atoms with Gasteiger partial charge in [0.25, 0.3) is 0 Å². The normalized spacial score (nSPS) is 21.5. The highest BCUT2D eigenvalue weighted by molar-refractivity contribution is 7.88. The van der Waals surface area contributed by atoms with Crippen LogP contribution in [0, 0.1) is 18.2 Å². The van der Waals surface area contributed by atoms with E-state index < -0.39 is 10.0 Å². The van der Waals surface area contributed by atoms with Crippen LogP contribution in [0.4, 0.5) is 4.39 Å². The van der Waals surface area contributed by atoms with E-state index in [4.69, 9.17) is 4.52 Å². The number of carbonyl (C=O) groups excluding carboxylic acids is 1. The molecule has 0 saturated carbocycles. The molecule has 1 atom stereocenters. The Morgan fingerprint density at radius 2 is 1.97 bits per heavy atom. The average Bonchev–Trinajstić information content (AvgIpc) is 3.33. The van der Waals surface area contributed by atoms with E-state index in [0.717, 1.165) is 24.8 Å². The monoisotopic (exact) mass is 479 g/mol. The number of hydrogen-bond donors (Lipinski definition) is 1. The summed E-state index contributed by atoms with van der Waals surface area (Å²) in [5.41, 5.74) is 0.858. The van der Waals surface area contributed by atoms with Crippen molar-refractivity contribution in [3.8, 4) is 0 Å². The largest absolute Gasteiger partial charge is 0.355 e. The molecule has 2 aliphatic heterocycles. The summed E-state index contributed by atoms with van der Waals surface area (Å²) >= 11 is 0. The van der Waals surface area contributed by atoms with Crippen molar-refractivity contribution in [1.82, 2.24) is 24.7 Å². The summed E-state index contributed by atoms with van der Waals surface area (Å²) in [6, 6.07) is 6.06. The van der Waals surface area contributed by atoms with Gasteiger partial charge in [0.15, 0.2) is 5.82 Å². The number of aryl methyl sites for hydroxylation is 1. The third kappa shape index (κ3) is 5.77. The van der Waals surface area contributed by atoms with Crippen molar-refractivity contribution in [1.29, 1.82) is 0 Å². The summed E-state index contributed by atoms with van der Waals surface area (Å²) in [5.74, 6) is 0.648. The Morgan fingerprint density at radius 3 is 2.58 bits per heavy atom. The SMILES string of the molecule is Cc1noc(C2CC3(CCN(S(C)(=O)=O)CC3)CN2CC(=O)NCCc2ccc(F)cc2)n1. The minimum atomic E-state index is -3.21. The van der Waals surface area contributed by atoms with Crippen molar-refractivity contribution in [2.24, 2.45) is 5.41 Å². The van der Waals surface area contributed by atoms with Crippen molar-refractivity contribution in [3.63, 3.8) is 0 Å². The van der Waals surface area contributed by atoms with Crippen molar-refractivity contribution in [2.75, 3.05) is 39.0 Å². The molecule has 1 spiro atoms. The molecule has 4 rings (SSSR count). The second kappa shape index (κ2) is 9.47. The Balaban J connectivity index is 1.39. The van der Waals surface area contributed by atoms with Gasteiger partial charge < -0.3 is 9.84 Å². The maximum atomic E-state index is 13.0. The molecule has 9 nitrogen and oxygen atoms in total. The van der Waals surface area contributed by atoms with E-state index in [-0.39, 0.29) is 29.7 Å². The molecule has 180 valence electrons. The fourth-order valence-electron chi connectivity index (χ4n) is 4.89. The van der Waals surface area contributed by atoms with Crippen LogP contribution in [0.25, 0.3) is 0 Å². The number of amides is 1. The molecule has 2 fully saturated rings. The quantitative estimate of drug-likeness (QED) is 0.643. The summed E-state index contributed by atoms with van der Waals surface area (Å²) < 4.78 is 43.9. The van der Waals surface area contributed by atoms with Crippen LogP contribution in [0.3, 0.4) is 0 Å². The van der Waals surface area contributed by atoms with Crippen LogP contribution in [0.2, 0.25) is 0 Å². The summed E-state index contributed by atoms with van der Waals surface area (Å²) in [4.78, 5) is 19.2. The molecular weight excluding hydrogens is 449 g/mol. The molecular formula is C22H30FN5O4S. The zero-order valence-electron chi connectivity index (χ0n) is 19.0. The predicted octanol–water partition coefficient (Wildman–Crippen LogP) is 1.66. The van der Waals surface area contributed by atoms with Crippen LogP contribution in [0.5, 0.6) is 0 Å². The Morgan fingerprint density at radius 1 is 1.27 bits per heavy atom. The number of nitrogens with zero attached hydrogens (tertiary/aromatic N) is 4. The van der Waals surface area contributed by atoms with Crippen LogP contribution < -0.4 is 5.32 Å². The van der Waals surface area contributed by atoms with E-state index >= 15 is 0 Å². The Kier molecular flexibility index (Phi) is 6.83. The van der Waals surface area contributed by atoms with Gasteiger partial charge in [-0.15, -0.1) is 0 Å². The highest BCUT2D eigenvalue weighted by Gasteiger charge is 2.48. The van der Waals surface area contributed by atoms with Gasteiger partial charge in [-0.05, 0) is 55.7 Å². The van der Waals surface area contributed by atoms with Gasteiger partial charge in [-0.3, -0.25) is 9.69 Å². The maximum absolute atomic E-state index is 13.0. The van der Waals surface area contributed by atoms with E-state index in [2.05, 4.69) is 20.4 Å². The zero-order chi connectivity index (χ0) is 23.6. The number of hydrogen-bond acceptors (Lipinski definition) is 7. The third-order valence-corrected chi connectivity index (χ3v) is 7.99. The molecule has 1 aromatic carbocycles. The molecule has 0 aliphatic carbocycles. The molecule has 0 radical (unpaired) electrons. The molecule has 1 unspecified atom stereocenters. The van der Waals surface area contributed by atoms with Gasteiger partial charge in [-0.1, -0.05) is 17.3 Å². The summed E-state index contributed by atoms with van der Waals surface area (Å²) in [5, 5.41) is 6.85. The van der Waals surface area contributed by atoms with Gasteiger partial charge in [0.1, 0.15) is 5.82 Å². The standard InChI is InChI=1S/C22H30FN5O4S/c1-16-25-21(32-26-16)19-13-22(8-11-28(12-9-22)33(2,30)31)15-27(19)14-20(29)24-10-7-17-3-5-18(23)6-4-17/h3-6,19H,7-15H2,1-2H3,(H,24,29). The van der Waals surface area contributed by atoms with Gasteiger partial charge in [0, 0.05) is 26.2 Å². The van der Waals surface area contributed by atoms with Gasteiger partial charge in [0.05, 0.1) is 18.8 Å². The predicted molar refractivity (Wildman–Crippen MR) is 119 cm³/mol. The number of carbonyl (C=O) groups is 1. The second-order valence-electron chi connectivity index (χ2n) is 9.19. The fourth-order valence-corrected chi connectivity index (χ4v) is 5.74. The average molecular weight is 480 g/mol. The lowest BCUT2D eigenvalue weighted by molar-refractivity contribution is -0.122. The summed E-state index contributed by atoms with van der Waals surface area (Å²) in [6.45, 7) is 4.03. The molecule has 33 heavy (non-hydrogen) atoms. The lowest BCUT2D eigenvalue weighted by atomic mass is 9.77. The van der Waals surface area contributed by atoms with Crippen molar-refractivity contribution >= 4 is 15.9 Å². The minimum Gasteiger partial charge on any atom is -0.355 e. The number of likely N-dealkylation sites (tertiary alicyclic amines) is 1. The van der Waals surface area contributed by atoms with Crippen molar-refractivity contribution < 1.29 is 22.1 Å². The highest BCUT2D eigenvalue weighted by Crippen LogP contribution is 2.48. The molecule has 2 aromatic rings. The fraction of sp³-hybridized carbons (Fsp3) is 0.591. The number of rotatable bonds is 7. The van der Waals surface area contributed by atoms with Crippen molar-refractivity contribution in [2.45, 2.75) is 38.6 Å². The van der Waals surface area contributed by atoms with Gasteiger partial charge in [-0.2, -0.15) is 4.98 Å². The minimum absolute atomic E-state index is 0.0946. The first-order valence-corrected chi connectivity index (χ1v) is 13.0. The second-order valence-corrected chi connectivity index (χ2v) is 11.2. The Bertz CT molecular complexity index is 1080. The summed E-state index contributed by atoms with van der Waals surface area (Å²) in [7, 11) is -3.21. The van der Waals surface area contributed by atoms with Crippen LogP contribution >= 0.6 is 0 Å². The molecule has 2 aliphatic rings. The van der Waals surface area contributed by atoms with E-state index in [9.17, 15) is 17.6 Å². The van der Waals surface area contributed by atoms with Crippen LogP contribution in [0.15, 0.2) is 28.8 Å². The van der Waals surface area contributed by atoms with Crippen LogP contribution in [-0.2, 0) is 21.2 Å². The van der Waals surface area contributed by atoms with E-state index in [1.165, 1.54) is 22.7 Å². The first-order valence-electron chi connectivity index (χ1n) is 11.1. The van der Waals surface area contributed by atoms with E-state index in [1.807, 2.05) is 0 Å². The molecule has 11 heteroatoms. The highest BCUT2D eigenvalue weighted by atomic mass is 32.2. The van der Waals surface area contributed by atoms with Crippen LogP contribution in [0.1, 0.15) is 42.6 Å². The number of benzene rings is 1. The van der Waals surface area contributed by atoms with Crippen molar-refractivity contribution in [3.05, 3.63) is 47.4 Å². The molecule has 3 heterocycles. The summed E-state index contributed by atoms with van der Waals surface area (Å²) in [6.07, 6.45) is 4.06. The van der Waals surface area contributed by atoms with E-state index in [0.29, 0.717) is 44.3 Å². The first kappa shape index (κ1) is 23.8. The Labute approximate surface area is 193 Å². The number of halogens is 1. The Hall–Kier alpha value is -2.37.